The van der Waals surface area contributed by atoms with Crippen LogP contribution in [0.3, 0.4) is 0 Å². The molecule has 0 saturated heterocycles. The maximum atomic E-state index is 12.6. The molecule has 0 aliphatic carbocycles. The highest BCUT2D eigenvalue weighted by Crippen LogP contribution is 2.09. The minimum Gasteiger partial charge on any atom is -0.456 e. The molecule has 168 valence electrons. The maximum Gasteiger partial charge on any atom is 0.332 e. The van der Waals surface area contributed by atoms with E-state index in [1.54, 1.807) is 24.3 Å². The quantitative estimate of drug-likeness (QED) is 0.395. The third kappa shape index (κ3) is 4.36. The van der Waals surface area contributed by atoms with E-state index in [-0.39, 0.29) is 18.3 Å². The van der Waals surface area contributed by atoms with E-state index in [2.05, 4.69) is 4.98 Å². The van der Waals surface area contributed by atoms with Crippen LogP contribution in [0.1, 0.15) is 24.2 Å². The number of para-hydroxylation sites is 1. The van der Waals surface area contributed by atoms with Gasteiger partial charge < -0.3 is 10.5 Å². The molecule has 0 amide bonds. The number of esters is 1. The Bertz CT molecular complexity index is 1380. The molecule has 2 aromatic heterocycles. The molecule has 0 fully saturated rings. The van der Waals surface area contributed by atoms with Crippen molar-refractivity contribution in [2.24, 2.45) is 13.0 Å². The minimum atomic E-state index is -0.872. The van der Waals surface area contributed by atoms with Gasteiger partial charge in [0.2, 0.25) is 5.78 Å². The fourth-order valence-corrected chi connectivity index (χ4v) is 3.21. The molecule has 2 N–H and O–H groups in total. The zero-order valence-corrected chi connectivity index (χ0v) is 17.9. The second-order valence-corrected chi connectivity index (χ2v) is 7.69. The van der Waals surface area contributed by atoms with E-state index >= 15 is 0 Å². The van der Waals surface area contributed by atoms with E-state index in [0.717, 1.165) is 13.7 Å². The van der Waals surface area contributed by atoms with Gasteiger partial charge in [-0.15, -0.1) is 0 Å². The molecular formula is C21H23N5O6. The van der Waals surface area contributed by atoms with Gasteiger partial charge in [0.05, 0.1) is 17.2 Å². The van der Waals surface area contributed by atoms with Crippen LogP contribution in [0.5, 0.6) is 0 Å². The monoisotopic (exact) mass is 441 g/mol. The Balaban J connectivity index is 1.79. The van der Waals surface area contributed by atoms with Crippen LogP contribution >= 0.6 is 0 Å². The van der Waals surface area contributed by atoms with Crippen molar-refractivity contribution in [3.63, 3.8) is 0 Å². The lowest BCUT2D eigenvalue weighted by Crippen LogP contribution is -2.43. The van der Waals surface area contributed by atoms with Gasteiger partial charge in [-0.2, -0.15) is 0 Å². The summed E-state index contributed by atoms with van der Waals surface area (Å²) in [5.74, 6) is -1.97. The topological polar surface area (TPSA) is 148 Å². The van der Waals surface area contributed by atoms with Crippen LogP contribution < -0.4 is 22.5 Å². The number of aromatic nitrogens is 4. The minimum absolute atomic E-state index is 0.0298. The predicted molar refractivity (Wildman–Crippen MR) is 116 cm³/mol. The second-order valence-electron chi connectivity index (χ2n) is 7.69. The first-order valence-corrected chi connectivity index (χ1v) is 9.84. The summed E-state index contributed by atoms with van der Waals surface area (Å²) in [6.45, 7) is 2.67. The number of hydrogen-bond acceptors (Lipinski definition) is 8. The number of fused-ring (bicyclic) bond motifs is 1. The largest absolute Gasteiger partial charge is 0.456 e. The highest BCUT2D eigenvalue weighted by molar-refractivity contribution is 6.01. The molecule has 0 radical (unpaired) electrons. The van der Waals surface area contributed by atoms with E-state index < -0.39 is 47.3 Å². The van der Waals surface area contributed by atoms with E-state index in [0.29, 0.717) is 10.9 Å². The summed E-state index contributed by atoms with van der Waals surface area (Å²) in [5.41, 5.74) is 4.06. The van der Waals surface area contributed by atoms with Crippen molar-refractivity contribution in [1.82, 2.24) is 18.7 Å². The Hall–Kier alpha value is -4.02. The second kappa shape index (κ2) is 9.00. The Morgan fingerprint density at radius 3 is 2.50 bits per heavy atom. The van der Waals surface area contributed by atoms with E-state index in [4.69, 9.17) is 10.5 Å². The van der Waals surface area contributed by atoms with Crippen LogP contribution in [-0.2, 0) is 29.7 Å². The number of ether oxygens (including phenoxy) is 1. The van der Waals surface area contributed by atoms with Gasteiger partial charge in [0.25, 0.3) is 11.1 Å². The first kappa shape index (κ1) is 22.7. The SMILES string of the molecule is CC(C)Cn1c(N)c(C(=O)COC(=O)Cn2cnc3ccccc3c2=O)c(=O)n(C)c1=O. The number of carbonyl (C=O) groups excluding carboxylic acids is 2. The number of hydrogen-bond donors (Lipinski definition) is 1. The van der Waals surface area contributed by atoms with E-state index in [1.165, 1.54) is 13.4 Å². The van der Waals surface area contributed by atoms with Crippen molar-refractivity contribution in [3.05, 3.63) is 67.3 Å². The first-order chi connectivity index (χ1) is 15.1. The smallest absolute Gasteiger partial charge is 0.332 e. The van der Waals surface area contributed by atoms with Crippen LogP contribution in [0.4, 0.5) is 5.82 Å². The normalized spacial score (nSPS) is 11.1. The van der Waals surface area contributed by atoms with Crippen molar-refractivity contribution < 1.29 is 14.3 Å². The summed E-state index contributed by atoms with van der Waals surface area (Å²) in [5, 5.41) is 0.336. The summed E-state index contributed by atoms with van der Waals surface area (Å²) in [7, 11) is 1.24. The van der Waals surface area contributed by atoms with Crippen molar-refractivity contribution >= 4 is 28.5 Å². The molecular weight excluding hydrogens is 418 g/mol. The van der Waals surface area contributed by atoms with Crippen LogP contribution in [0.2, 0.25) is 0 Å². The average Bonchev–Trinajstić information content (AvgIpc) is 2.76. The Kier molecular flexibility index (Phi) is 6.37. The summed E-state index contributed by atoms with van der Waals surface area (Å²) in [4.78, 5) is 66.2. The lowest BCUT2D eigenvalue weighted by Gasteiger charge is -2.16. The number of rotatable bonds is 7. The van der Waals surface area contributed by atoms with Gasteiger partial charge in [-0.25, -0.2) is 9.78 Å². The predicted octanol–water partition coefficient (Wildman–Crippen LogP) is -0.0788. The standard InChI is InChI=1S/C21H23N5O6/c1-12(2)8-26-18(22)17(20(30)24(3)21(26)31)15(27)10-32-16(28)9-25-11-23-14-7-5-4-6-13(14)19(25)29/h4-7,11-12H,8-10,22H2,1-3H3. The number of nitrogens with two attached hydrogens (primary N) is 1. The van der Waals surface area contributed by atoms with Gasteiger partial charge in [0, 0.05) is 13.6 Å². The molecule has 32 heavy (non-hydrogen) atoms. The number of anilines is 1. The molecule has 1 aromatic carbocycles. The van der Waals surface area contributed by atoms with Gasteiger partial charge in [-0.05, 0) is 18.1 Å². The molecule has 0 aliphatic rings. The summed E-state index contributed by atoms with van der Waals surface area (Å²) >= 11 is 0. The molecule has 3 rings (SSSR count). The zero-order chi connectivity index (χ0) is 23.6. The first-order valence-electron chi connectivity index (χ1n) is 9.84. The number of Topliss-reactive ketones (excluding diaryl/α,β-unsaturated/α-hetero) is 1. The summed E-state index contributed by atoms with van der Waals surface area (Å²) in [6, 6.07) is 6.66. The van der Waals surface area contributed by atoms with Crippen molar-refractivity contribution in [3.8, 4) is 0 Å². The molecule has 0 atom stereocenters. The van der Waals surface area contributed by atoms with Crippen LogP contribution in [-0.4, -0.2) is 37.0 Å². The van der Waals surface area contributed by atoms with Gasteiger partial charge in [0.15, 0.2) is 6.61 Å². The Morgan fingerprint density at radius 2 is 1.81 bits per heavy atom. The fraction of sp³-hybridized carbons (Fsp3) is 0.333. The Morgan fingerprint density at radius 1 is 1.12 bits per heavy atom. The number of benzene rings is 1. The van der Waals surface area contributed by atoms with Crippen molar-refractivity contribution in [2.45, 2.75) is 26.9 Å². The van der Waals surface area contributed by atoms with E-state index in [9.17, 15) is 24.0 Å². The van der Waals surface area contributed by atoms with Crippen LogP contribution in [0.15, 0.2) is 45.0 Å². The number of ketones is 1. The van der Waals surface area contributed by atoms with Crippen molar-refractivity contribution in [2.75, 3.05) is 12.3 Å². The molecule has 0 saturated carbocycles. The van der Waals surface area contributed by atoms with Crippen LogP contribution in [0, 0.1) is 5.92 Å². The summed E-state index contributed by atoms with van der Waals surface area (Å²) in [6.07, 6.45) is 1.21. The lowest BCUT2D eigenvalue weighted by molar-refractivity contribution is -0.143. The van der Waals surface area contributed by atoms with Gasteiger partial charge >= 0.3 is 11.7 Å². The highest BCUT2D eigenvalue weighted by atomic mass is 16.5. The van der Waals surface area contributed by atoms with Gasteiger partial charge in [-0.3, -0.25) is 32.9 Å². The molecule has 0 bridgehead atoms. The third-order valence-electron chi connectivity index (χ3n) is 4.81. The number of nitrogens with zero attached hydrogens (tertiary/aromatic N) is 4. The molecule has 11 nitrogen and oxygen atoms in total. The van der Waals surface area contributed by atoms with Gasteiger partial charge in [0.1, 0.15) is 17.9 Å². The number of nitrogen functional groups attached to an aromatic ring is 1. The molecule has 3 aromatic rings. The van der Waals surface area contributed by atoms with Gasteiger partial charge in [-0.1, -0.05) is 26.0 Å². The van der Waals surface area contributed by atoms with E-state index in [1.807, 2.05) is 13.8 Å². The molecule has 0 aliphatic heterocycles. The third-order valence-corrected chi connectivity index (χ3v) is 4.81. The van der Waals surface area contributed by atoms with Crippen molar-refractivity contribution in [1.29, 1.82) is 0 Å². The fourth-order valence-electron chi connectivity index (χ4n) is 3.21. The lowest BCUT2D eigenvalue weighted by atomic mass is 10.1. The molecule has 2 heterocycles. The molecule has 11 heteroatoms. The number of carbonyl (C=O) groups is 2. The molecule has 0 spiro atoms. The Labute approximate surface area is 181 Å². The summed E-state index contributed by atoms with van der Waals surface area (Å²) < 4.78 is 7.95. The maximum absolute atomic E-state index is 12.6. The highest BCUT2D eigenvalue weighted by Gasteiger charge is 2.23. The molecule has 0 unspecified atom stereocenters. The zero-order valence-electron chi connectivity index (χ0n) is 17.9. The average molecular weight is 441 g/mol. The van der Waals surface area contributed by atoms with Crippen LogP contribution in [0.25, 0.3) is 10.9 Å².